The van der Waals surface area contributed by atoms with Crippen LogP contribution in [0.3, 0.4) is 0 Å². The molecule has 1 aromatic carbocycles. The molecule has 1 aliphatic rings. The van der Waals surface area contributed by atoms with Crippen LogP contribution in [0, 0.1) is 0 Å². The molecule has 0 heterocycles. The Bertz CT molecular complexity index is 361. The molecule has 1 saturated carbocycles. The molecule has 0 radical (unpaired) electrons. The molecule has 4 heteroatoms. The fourth-order valence-electron chi connectivity index (χ4n) is 1.89. The minimum absolute atomic E-state index is 0.0356. The van der Waals surface area contributed by atoms with Crippen molar-refractivity contribution >= 4 is 11.6 Å². The van der Waals surface area contributed by atoms with Gasteiger partial charge in [0.2, 0.25) is 5.91 Å². The van der Waals surface area contributed by atoms with Crippen molar-refractivity contribution in [1.29, 1.82) is 0 Å². The van der Waals surface area contributed by atoms with Crippen LogP contribution in [0.15, 0.2) is 30.3 Å². The first-order valence-electron chi connectivity index (χ1n) is 5.89. The summed E-state index contributed by atoms with van der Waals surface area (Å²) in [6.45, 7) is 0.318. The quantitative estimate of drug-likeness (QED) is 0.809. The molecule has 1 amide bonds. The summed E-state index contributed by atoms with van der Waals surface area (Å²) in [6.07, 6.45) is 2.17. The number of methoxy groups -OCH3 is 1. The van der Waals surface area contributed by atoms with Crippen molar-refractivity contribution in [3.63, 3.8) is 0 Å². The summed E-state index contributed by atoms with van der Waals surface area (Å²) in [5, 5.41) is 6.05. The monoisotopic (exact) mass is 234 g/mol. The van der Waals surface area contributed by atoms with Crippen molar-refractivity contribution < 1.29 is 9.53 Å². The molecule has 92 valence electrons. The maximum Gasteiger partial charge on any atom is 0.239 e. The lowest BCUT2D eigenvalue weighted by atomic mass is 9.89. The van der Waals surface area contributed by atoms with Crippen molar-refractivity contribution in [3.05, 3.63) is 30.3 Å². The second-order valence-corrected chi connectivity index (χ2v) is 4.31. The zero-order chi connectivity index (χ0) is 12.1. The summed E-state index contributed by atoms with van der Waals surface area (Å²) in [6, 6.07) is 10.00. The van der Waals surface area contributed by atoms with Crippen molar-refractivity contribution in [3.8, 4) is 0 Å². The lowest BCUT2D eigenvalue weighted by Crippen LogP contribution is -2.48. The van der Waals surface area contributed by atoms with Gasteiger partial charge in [0.15, 0.2) is 0 Å². The number of para-hydroxylation sites is 1. The molecule has 1 fully saturated rings. The van der Waals surface area contributed by atoms with Crippen LogP contribution in [0.1, 0.15) is 12.8 Å². The zero-order valence-electron chi connectivity index (χ0n) is 9.98. The highest BCUT2D eigenvalue weighted by Crippen LogP contribution is 2.22. The predicted octanol–water partition coefficient (Wildman–Crippen LogP) is 1.39. The number of carbonyl (C=O) groups is 1. The van der Waals surface area contributed by atoms with Gasteiger partial charge in [-0.1, -0.05) is 18.2 Å². The third-order valence-corrected chi connectivity index (χ3v) is 3.02. The van der Waals surface area contributed by atoms with Crippen LogP contribution < -0.4 is 10.6 Å². The molecule has 0 aromatic heterocycles. The Labute approximate surface area is 101 Å². The van der Waals surface area contributed by atoms with Crippen LogP contribution in [0.5, 0.6) is 0 Å². The summed E-state index contributed by atoms with van der Waals surface area (Å²) in [7, 11) is 1.71. The molecule has 0 unspecified atom stereocenters. The van der Waals surface area contributed by atoms with E-state index in [9.17, 15) is 4.79 Å². The second-order valence-electron chi connectivity index (χ2n) is 4.31. The molecule has 0 bridgehead atoms. The maximum absolute atomic E-state index is 11.6. The first-order valence-corrected chi connectivity index (χ1v) is 5.89. The highest BCUT2D eigenvalue weighted by Gasteiger charge is 2.29. The largest absolute Gasteiger partial charge is 0.381 e. The number of amides is 1. The molecule has 0 saturated heterocycles. The fraction of sp³-hybridized carbons (Fsp3) is 0.462. The van der Waals surface area contributed by atoms with E-state index in [-0.39, 0.29) is 11.9 Å². The van der Waals surface area contributed by atoms with Gasteiger partial charge in [-0.2, -0.15) is 0 Å². The van der Waals surface area contributed by atoms with Crippen LogP contribution in [0.4, 0.5) is 5.69 Å². The molecule has 4 nitrogen and oxygen atoms in total. The van der Waals surface area contributed by atoms with Gasteiger partial charge in [-0.15, -0.1) is 0 Å². The molecule has 1 aromatic rings. The number of nitrogens with one attached hydrogen (secondary N) is 2. The average molecular weight is 234 g/mol. The van der Waals surface area contributed by atoms with Gasteiger partial charge < -0.3 is 15.4 Å². The van der Waals surface area contributed by atoms with Crippen LogP contribution in [-0.4, -0.2) is 31.7 Å². The molecule has 17 heavy (non-hydrogen) atoms. The number of hydrogen-bond acceptors (Lipinski definition) is 3. The van der Waals surface area contributed by atoms with E-state index in [1.54, 1.807) is 7.11 Å². The van der Waals surface area contributed by atoms with E-state index in [2.05, 4.69) is 10.6 Å². The van der Waals surface area contributed by atoms with E-state index in [4.69, 9.17) is 4.74 Å². The normalized spacial score (nSPS) is 22.6. The van der Waals surface area contributed by atoms with Crippen molar-refractivity contribution in [2.45, 2.75) is 25.0 Å². The van der Waals surface area contributed by atoms with E-state index in [1.165, 1.54) is 0 Å². The minimum atomic E-state index is 0.0356. The lowest BCUT2D eigenvalue weighted by Gasteiger charge is -2.34. The molecular weight excluding hydrogens is 216 g/mol. The second kappa shape index (κ2) is 5.68. The summed E-state index contributed by atoms with van der Waals surface area (Å²) in [4.78, 5) is 11.6. The van der Waals surface area contributed by atoms with Gasteiger partial charge >= 0.3 is 0 Å². The molecule has 0 aliphatic heterocycles. The van der Waals surface area contributed by atoms with Gasteiger partial charge in [-0.25, -0.2) is 0 Å². The Kier molecular flexibility index (Phi) is 3.98. The Balaban J connectivity index is 1.65. The van der Waals surface area contributed by atoms with E-state index < -0.39 is 0 Å². The van der Waals surface area contributed by atoms with Crippen LogP contribution in [0.25, 0.3) is 0 Å². The third-order valence-electron chi connectivity index (χ3n) is 3.02. The topological polar surface area (TPSA) is 50.4 Å². The van der Waals surface area contributed by atoms with E-state index in [0.717, 1.165) is 18.5 Å². The average Bonchev–Trinajstić information content (AvgIpc) is 2.32. The minimum Gasteiger partial charge on any atom is -0.381 e. The molecule has 0 atom stereocenters. The summed E-state index contributed by atoms with van der Waals surface area (Å²) in [5.41, 5.74) is 0.964. The van der Waals surface area contributed by atoms with Gasteiger partial charge in [0.1, 0.15) is 0 Å². The molecular formula is C13H18N2O2. The number of ether oxygens (including phenoxy) is 1. The van der Waals surface area contributed by atoms with Crippen LogP contribution in [-0.2, 0) is 9.53 Å². The molecule has 2 rings (SSSR count). The Hall–Kier alpha value is -1.55. The summed E-state index contributed by atoms with van der Waals surface area (Å²) >= 11 is 0. The van der Waals surface area contributed by atoms with Gasteiger partial charge in [0.05, 0.1) is 12.6 Å². The van der Waals surface area contributed by atoms with Gasteiger partial charge in [-0.3, -0.25) is 4.79 Å². The standard InChI is InChI=1S/C13H18N2O2/c1-17-12-7-11(8-12)15-13(16)9-14-10-5-3-2-4-6-10/h2-6,11-12,14H,7-9H2,1H3,(H,15,16). The van der Waals surface area contributed by atoms with Gasteiger partial charge in [0, 0.05) is 18.8 Å². The third kappa shape index (κ3) is 3.46. The summed E-state index contributed by atoms with van der Waals surface area (Å²) in [5.74, 6) is 0.0356. The van der Waals surface area contributed by atoms with Crippen LogP contribution in [0.2, 0.25) is 0 Å². The predicted molar refractivity (Wildman–Crippen MR) is 66.9 cm³/mol. The number of rotatable bonds is 5. The highest BCUT2D eigenvalue weighted by molar-refractivity contribution is 5.81. The molecule has 0 spiro atoms. The smallest absolute Gasteiger partial charge is 0.239 e. The number of anilines is 1. The number of benzene rings is 1. The van der Waals surface area contributed by atoms with Gasteiger partial charge in [-0.05, 0) is 25.0 Å². The Morgan fingerprint density at radius 2 is 2.06 bits per heavy atom. The van der Waals surface area contributed by atoms with E-state index in [1.807, 2.05) is 30.3 Å². The fourth-order valence-corrected chi connectivity index (χ4v) is 1.89. The molecule has 1 aliphatic carbocycles. The lowest BCUT2D eigenvalue weighted by molar-refractivity contribution is -0.121. The van der Waals surface area contributed by atoms with Crippen molar-refractivity contribution in [2.24, 2.45) is 0 Å². The van der Waals surface area contributed by atoms with Crippen LogP contribution >= 0.6 is 0 Å². The van der Waals surface area contributed by atoms with Crippen molar-refractivity contribution in [1.82, 2.24) is 5.32 Å². The van der Waals surface area contributed by atoms with E-state index in [0.29, 0.717) is 12.6 Å². The maximum atomic E-state index is 11.6. The van der Waals surface area contributed by atoms with E-state index >= 15 is 0 Å². The Morgan fingerprint density at radius 3 is 2.71 bits per heavy atom. The zero-order valence-corrected chi connectivity index (χ0v) is 9.98. The summed E-state index contributed by atoms with van der Waals surface area (Å²) < 4.78 is 5.16. The highest BCUT2D eigenvalue weighted by atomic mass is 16.5. The van der Waals surface area contributed by atoms with Crippen molar-refractivity contribution in [2.75, 3.05) is 19.0 Å². The first-order chi connectivity index (χ1) is 8.28. The molecule has 2 N–H and O–H groups in total. The number of carbonyl (C=O) groups excluding carboxylic acids is 1. The Morgan fingerprint density at radius 1 is 1.35 bits per heavy atom. The first kappa shape index (κ1) is 11.9. The number of hydrogen-bond donors (Lipinski definition) is 2. The SMILES string of the molecule is COC1CC(NC(=O)CNc2ccccc2)C1. The van der Waals surface area contributed by atoms with Gasteiger partial charge in [0.25, 0.3) is 0 Å².